The van der Waals surface area contributed by atoms with Crippen LogP contribution in [-0.4, -0.2) is 46.1 Å². The van der Waals surface area contributed by atoms with E-state index in [1.807, 2.05) is 17.8 Å². The largest absolute Gasteiger partial charge is 0.356 e. The first-order valence-electron chi connectivity index (χ1n) is 8.90. The van der Waals surface area contributed by atoms with Crippen LogP contribution in [0.15, 0.2) is 46.5 Å². The van der Waals surface area contributed by atoms with E-state index in [0.717, 1.165) is 56.6 Å². The maximum atomic E-state index is 4.59. The average Bonchev–Trinajstić information content (AvgIpc) is 3.11. The Bertz CT molecular complexity index is 626. The second-order valence-electron chi connectivity index (χ2n) is 5.54. The molecule has 6 nitrogen and oxygen atoms in total. The lowest BCUT2D eigenvalue weighted by Gasteiger charge is -2.13. The Kier molecular flexibility index (Phi) is 8.90. The third-order valence-corrected chi connectivity index (χ3v) is 4.57. The van der Waals surface area contributed by atoms with E-state index in [4.69, 9.17) is 0 Å². The normalized spacial score (nSPS) is 11.5. The molecule has 0 aliphatic heterocycles. The Morgan fingerprint density at radius 1 is 1.16 bits per heavy atom. The van der Waals surface area contributed by atoms with E-state index in [-0.39, 0.29) is 0 Å². The number of aliphatic imine (C=N–C) groups is 1. The summed E-state index contributed by atoms with van der Waals surface area (Å²) < 4.78 is 2.08. The lowest BCUT2D eigenvalue weighted by atomic mass is 10.4. The first kappa shape index (κ1) is 19.3. The summed E-state index contributed by atoms with van der Waals surface area (Å²) in [6.45, 7) is 7.56. The number of hydrogen-bond acceptors (Lipinski definition) is 4. The first-order chi connectivity index (χ1) is 12.3. The number of benzene rings is 1. The van der Waals surface area contributed by atoms with Crippen LogP contribution < -0.4 is 10.6 Å². The maximum absolute atomic E-state index is 4.59. The number of nitrogens with one attached hydrogen (secondary N) is 2. The molecule has 1 aromatic carbocycles. The van der Waals surface area contributed by atoms with Crippen molar-refractivity contribution in [2.75, 3.05) is 25.4 Å². The highest BCUT2D eigenvalue weighted by Gasteiger charge is 2.02. The van der Waals surface area contributed by atoms with Gasteiger partial charge in [0.05, 0.1) is 0 Å². The van der Waals surface area contributed by atoms with Crippen LogP contribution in [0.1, 0.15) is 26.1 Å². The van der Waals surface area contributed by atoms with E-state index in [1.54, 1.807) is 6.33 Å². The molecule has 0 aliphatic carbocycles. The van der Waals surface area contributed by atoms with Crippen molar-refractivity contribution in [2.45, 2.75) is 38.1 Å². The summed E-state index contributed by atoms with van der Waals surface area (Å²) in [5, 5.41) is 14.9. The molecule has 0 atom stereocenters. The summed E-state index contributed by atoms with van der Waals surface area (Å²) in [6, 6.07) is 10.5. The van der Waals surface area contributed by atoms with Crippen molar-refractivity contribution in [3.05, 3.63) is 42.5 Å². The zero-order valence-corrected chi connectivity index (χ0v) is 15.9. The fourth-order valence-electron chi connectivity index (χ4n) is 2.29. The molecule has 7 heteroatoms. The fourth-order valence-corrected chi connectivity index (χ4v) is 3.08. The van der Waals surface area contributed by atoms with Gasteiger partial charge in [-0.1, -0.05) is 32.0 Å². The van der Waals surface area contributed by atoms with E-state index in [0.29, 0.717) is 0 Å². The molecular formula is C18H28N6S. The van der Waals surface area contributed by atoms with Gasteiger partial charge in [-0.25, -0.2) is 0 Å². The molecule has 0 saturated heterocycles. The van der Waals surface area contributed by atoms with Gasteiger partial charge in [-0.05, 0) is 18.6 Å². The molecule has 0 fully saturated rings. The van der Waals surface area contributed by atoms with Crippen molar-refractivity contribution in [1.29, 1.82) is 0 Å². The zero-order chi connectivity index (χ0) is 17.7. The number of guanidine groups is 1. The molecule has 2 aromatic rings. The van der Waals surface area contributed by atoms with Crippen LogP contribution in [0, 0.1) is 0 Å². The second-order valence-corrected chi connectivity index (χ2v) is 6.71. The zero-order valence-electron chi connectivity index (χ0n) is 15.1. The molecule has 0 radical (unpaired) electrons. The van der Waals surface area contributed by atoms with Gasteiger partial charge in [-0.3, -0.25) is 4.99 Å². The number of thioether (sulfide) groups is 1. The van der Waals surface area contributed by atoms with E-state index in [1.165, 1.54) is 4.90 Å². The van der Waals surface area contributed by atoms with Gasteiger partial charge in [0.15, 0.2) is 5.96 Å². The lowest BCUT2D eigenvalue weighted by molar-refractivity contribution is 0.632. The highest BCUT2D eigenvalue weighted by Crippen LogP contribution is 2.15. The third-order valence-electron chi connectivity index (χ3n) is 3.56. The van der Waals surface area contributed by atoms with E-state index < -0.39 is 0 Å². The number of nitrogens with zero attached hydrogens (tertiary/aromatic N) is 4. The van der Waals surface area contributed by atoms with Crippen molar-refractivity contribution < 1.29 is 0 Å². The maximum Gasteiger partial charge on any atom is 0.191 e. The van der Waals surface area contributed by atoms with Crippen molar-refractivity contribution in [3.8, 4) is 0 Å². The second kappa shape index (κ2) is 11.5. The summed E-state index contributed by atoms with van der Waals surface area (Å²) in [5.74, 6) is 2.89. The van der Waals surface area contributed by atoms with Gasteiger partial charge < -0.3 is 15.2 Å². The third kappa shape index (κ3) is 7.17. The fraction of sp³-hybridized carbons (Fsp3) is 0.500. The topological polar surface area (TPSA) is 67.1 Å². The van der Waals surface area contributed by atoms with Crippen LogP contribution in [0.5, 0.6) is 0 Å². The van der Waals surface area contributed by atoms with Gasteiger partial charge in [0.2, 0.25) is 0 Å². The van der Waals surface area contributed by atoms with E-state index >= 15 is 0 Å². The molecule has 25 heavy (non-hydrogen) atoms. The molecule has 0 aliphatic rings. The monoisotopic (exact) mass is 360 g/mol. The Morgan fingerprint density at radius 2 is 1.96 bits per heavy atom. The van der Waals surface area contributed by atoms with Crippen molar-refractivity contribution in [1.82, 2.24) is 25.4 Å². The van der Waals surface area contributed by atoms with E-state index in [9.17, 15) is 0 Å². The molecule has 2 N–H and O–H groups in total. The average molecular weight is 361 g/mol. The standard InChI is InChI=1S/C18H28N6S/c1-3-10-19-18(20-11-13-24-15-22-23-17(24)4-2)21-12-14-25-16-8-6-5-7-9-16/h5-9,15H,3-4,10-14H2,1-2H3,(H2,19,20,21). The SMILES string of the molecule is CCCN=C(NCCSc1ccccc1)NCCn1cnnc1CC. The lowest BCUT2D eigenvalue weighted by Crippen LogP contribution is -2.40. The highest BCUT2D eigenvalue weighted by molar-refractivity contribution is 7.99. The molecule has 0 unspecified atom stereocenters. The molecule has 1 aromatic heterocycles. The van der Waals surface area contributed by atoms with Gasteiger partial charge in [0.25, 0.3) is 0 Å². The molecule has 2 rings (SSSR count). The minimum atomic E-state index is 0.798. The molecule has 1 heterocycles. The Labute approximate surface area is 154 Å². The highest BCUT2D eigenvalue weighted by atomic mass is 32.2. The minimum absolute atomic E-state index is 0.798. The molecule has 136 valence electrons. The Balaban J connectivity index is 1.72. The molecule has 0 saturated carbocycles. The van der Waals surface area contributed by atoms with Gasteiger partial charge in [0.1, 0.15) is 12.2 Å². The molecule has 0 amide bonds. The summed E-state index contributed by atoms with van der Waals surface area (Å²) >= 11 is 1.85. The van der Waals surface area contributed by atoms with Crippen LogP contribution in [0.25, 0.3) is 0 Å². The van der Waals surface area contributed by atoms with Gasteiger partial charge in [-0.2, -0.15) is 0 Å². The predicted molar refractivity (Wildman–Crippen MR) is 105 cm³/mol. The van der Waals surface area contributed by atoms with Gasteiger partial charge in [0, 0.05) is 43.2 Å². The van der Waals surface area contributed by atoms with Crippen molar-refractivity contribution in [2.24, 2.45) is 4.99 Å². The van der Waals surface area contributed by atoms with Crippen molar-refractivity contribution in [3.63, 3.8) is 0 Å². The number of aromatic nitrogens is 3. The molecule has 0 bridgehead atoms. The minimum Gasteiger partial charge on any atom is -0.356 e. The quantitative estimate of drug-likeness (QED) is 0.295. The Hall–Kier alpha value is -2.02. The van der Waals surface area contributed by atoms with Crippen LogP contribution >= 0.6 is 11.8 Å². The number of aryl methyl sites for hydroxylation is 1. The summed E-state index contributed by atoms with van der Waals surface area (Å²) in [4.78, 5) is 5.89. The van der Waals surface area contributed by atoms with Crippen LogP contribution in [0.2, 0.25) is 0 Å². The summed E-state index contributed by atoms with van der Waals surface area (Å²) in [6.07, 6.45) is 3.72. The van der Waals surface area contributed by atoms with Gasteiger partial charge in [-0.15, -0.1) is 22.0 Å². The summed E-state index contributed by atoms with van der Waals surface area (Å²) in [5.41, 5.74) is 0. The van der Waals surface area contributed by atoms with Crippen molar-refractivity contribution >= 4 is 17.7 Å². The van der Waals surface area contributed by atoms with Crippen LogP contribution in [0.3, 0.4) is 0 Å². The summed E-state index contributed by atoms with van der Waals surface area (Å²) in [7, 11) is 0. The van der Waals surface area contributed by atoms with Crippen LogP contribution in [-0.2, 0) is 13.0 Å². The number of hydrogen-bond donors (Lipinski definition) is 2. The van der Waals surface area contributed by atoms with Gasteiger partial charge >= 0.3 is 0 Å². The number of rotatable bonds is 10. The smallest absolute Gasteiger partial charge is 0.191 e. The Morgan fingerprint density at radius 3 is 2.72 bits per heavy atom. The molecular weight excluding hydrogens is 332 g/mol. The predicted octanol–water partition coefficient (Wildman–Crippen LogP) is 2.58. The molecule has 0 spiro atoms. The van der Waals surface area contributed by atoms with E-state index in [2.05, 4.69) is 68.5 Å². The first-order valence-corrected chi connectivity index (χ1v) is 9.88. The van der Waals surface area contributed by atoms with Crippen LogP contribution in [0.4, 0.5) is 0 Å².